The van der Waals surface area contributed by atoms with Crippen molar-refractivity contribution in [3.63, 3.8) is 0 Å². The highest BCUT2D eigenvalue weighted by molar-refractivity contribution is 8.01. The quantitative estimate of drug-likeness (QED) is 0.804. The molecule has 2 aliphatic rings. The number of rotatable bonds is 2. The third-order valence-electron chi connectivity index (χ3n) is 4.88. The summed E-state index contributed by atoms with van der Waals surface area (Å²) in [6.45, 7) is 4.48. The van der Waals surface area contributed by atoms with E-state index in [1.54, 1.807) is 34.1 Å². The summed E-state index contributed by atoms with van der Waals surface area (Å²) in [4.78, 5) is 29.1. The van der Waals surface area contributed by atoms with E-state index in [2.05, 4.69) is 5.32 Å². The average molecular weight is 402 g/mol. The van der Waals surface area contributed by atoms with Gasteiger partial charge in [-0.1, -0.05) is 35.9 Å². The van der Waals surface area contributed by atoms with Crippen molar-refractivity contribution in [1.29, 1.82) is 0 Å². The van der Waals surface area contributed by atoms with Gasteiger partial charge in [0.15, 0.2) is 4.87 Å². The second-order valence-corrected chi connectivity index (χ2v) is 8.59. The van der Waals surface area contributed by atoms with Crippen LogP contribution in [0.5, 0.6) is 0 Å². The summed E-state index contributed by atoms with van der Waals surface area (Å²) in [5, 5.41) is 3.44. The summed E-state index contributed by atoms with van der Waals surface area (Å²) in [5.41, 5.74) is 2.37. The van der Waals surface area contributed by atoms with Gasteiger partial charge in [-0.2, -0.15) is 0 Å². The molecule has 0 aliphatic carbocycles. The summed E-state index contributed by atoms with van der Waals surface area (Å²) < 4.78 is 0. The van der Waals surface area contributed by atoms with E-state index in [1.165, 1.54) is 11.8 Å². The molecule has 2 heterocycles. The molecule has 1 spiro atoms. The van der Waals surface area contributed by atoms with Crippen molar-refractivity contribution in [3.05, 3.63) is 59.1 Å². The number of thioether (sulfide) groups is 1. The molecular weight excluding hydrogens is 382 g/mol. The number of halogens is 1. The molecule has 0 bridgehead atoms. The molecule has 3 amide bonds. The number of hydrogen-bond acceptors (Lipinski definition) is 3. The van der Waals surface area contributed by atoms with Crippen LogP contribution in [-0.2, 0) is 9.67 Å². The molecule has 5 nitrogen and oxygen atoms in total. The molecule has 1 N–H and O–H groups in total. The topological polar surface area (TPSA) is 52.7 Å². The first kappa shape index (κ1) is 18.2. The lowest BCUT2D eigenvalue weighted by atomic mass is 10.1. The van der Waals surface area contributed by atoms with Crippen LogP contribution in [0.15, 0.2) is 48.5 Å². The number of amides is 3. The van der Waals surface area contributed by atoms with E-state index < -0.39 is 4.87 Å². The summed E-state index contributed by atoms with van der Waals surface area (Å²) in [5.74, 6) is 0.650. The van der Waals surface area contributed by atoms with Crippen LogP contribution in [0.3, 0.4) is 0 Å². The molecule has 2 aliphatic heterocycles. The van der Waals surface area contributed by atoms with E-state index >= 15 is 0 Å². The van der Waals surface area contributed by atoms with Gasteiger partial charge in [0.1, 0.15) is 0 Å². The Morgan fingerprint density at radius 2 is 2.00 bits per heavy atom. The number of benzene rings is 2. The predicted molar refractivity (Wildman–Crippen MR) is 110 cm³/mol. The summed E-state index contributed by atoms with van der Waals surface area (Å²) in [6.07, 6.45) is 0. The lowest BCUT2D eigenvalue weighted by Gasteiger charge is -2.33. The average Bonchev–Trinajstić information content (AvgIpc) is 3.17. The Balaban J connectivity index is 1.73. The highest BCUT2D eigenvalue weighted by Gasteiger charge is 2.59. The third kappa shape index (κ3) is 2.78. The molecule has 2 aromatic carbocycles. The van der Waals surface area contributed by atoms with Crippen molar-refractivity contribution in [3.8, 4) is 0 Å². The minimum Gasteiger partial charge on any atom is -0.308 e. The fraction of sp³-hybridized carbons (Fsp3) is 0.300. The number of carbonyl (C=O) groups excluding carboxylic acids is 2. The predicted octanol–water partition coefficient (Wildman–Crippen LogP) is 4.53. The fourth-order valence-electron chi connectivity index (χ4n) is 3.79. The van der Waals surface area contributed by atoms with Gasteiger partial charge in [0.25, 0.3) is 5.91 Å². The van der Waals surface area contributed by atoms with Gasteiger partial charge in [-0.05, 0) is 38.1 Å². The number of hydrogen-bond donors (Lipinski definition) is 1. The van der Waals surface area contributed by atoms with Crippen LogP contribution in [0.2, 0.25) is 5.02 Å². The maximum absolute atomic E-state index is 13.5. The van der Waals surface area contributed by atoms with Gasteiger partial charge in [-0.25, -0.2) is 4.79 Å². The standard InChI is InChI=1S/C20H20ClN3O2S/c1-13(2)24-17-9-4-3-8-16(17)20(18(24)25)23(10-11-27-20)19(26)22-15-7-5-6-14(21)12-15/h3-9,12-13H,10-11H2,1-2H3,(H,22,26)/t20-/m0/s1. The van der Waals surface area contributed by atoms with E-state index in [-0.39, 0.29) is 18.0 Å². The van der Waals surface area contributed by atoms with Crippen LogP contribution in [0.1, 0.15) is 19.4 Å². The summed E-state index contributed by atoms with van der Waals surface area (Å²) in [6, 6.07) is 14.5. The van der Waals surface area contributed by atoms with Crippen molar-refractivity contribution < 1.29 is 9.59 Å². The van der Waals surface area contributed by atoms with Crippen LogP contribution in [0.4, 0.5) is 16.2 Å². The minimum absolute atomic E-state index is 0.0112. The second-order valence-electron chi connectivity index (χ2n) is 6.87. The molecule has 4 rings (SSSR count). The molecule has 0 radical (unpaired) electrons. The Bertz CT molecular complexity index is 920. The molecule has 0 unspecified atom stereocenters. The van der Waals surface area contributed by atoms with Gasteiger partial charge in [-0.3, -0.25) is 9.69 Å². The van der Waals surface area contributed by atoms with E-state index in [0.717, 1.165) is 11.3 Å². The van der Waals surface area contributed by atoms with Gasteiger partial charge in [0.2, 0.25) is 0 Å². The van der Waals surface area contributed by atoms with E-state index in [4.69, 9.17) is 11.6 Å². The third-order valence-corrected chi connectivity index (χ3v) is 6.54. The Labute approximate surface area is 167 Å². The lowest BCUT2D eigenvalue weighted by Crippen LogP contribution is -2.52. The first-order valence-corrected chi connectivity index (χ1v) is 10.2. The van der Waals surface area contributed by atoms with Crippen molar-refractivity contribution in [2.24, 2.45) is 0 Å². The molecule has 1 atom stereocenters. The zero-order chi connectivity index (χ0) is 19.2. The molecule has 27 heavy (non-hydrogen) atoms. The van der Waals surface area contributed by atoms with Crippen LogP contribution in [-0.4, -0.2) is 35.2 Å². The van der Waals surface area contributed by atoms with Gasteiger partial charge in [0, 0.05) is 34.6 Å². The largest absolute Gasteiger partial charge is 0.323 e. The number of nitrogens with zero attached hydrogens (tertiary/aromatic N) is 2. The highest BCUT2D eigenvalue weighted by Crippen LogP contribution is 2.54. The Morgan fingerprint density at radius 3 is 2.74 bits per heavy atom. The van der Waals surface area contributed by atoms with E-state index in [1.807, 2.05) is 38.1 Å². The number of carbonyl (C=O) groups is 2. The summed E-state index contributed by atoms with van der Waals surface area (Å²) >= 11 is 7.55. The molecule has 7 heteroatoms. The summed E-state index contributed by atoms with van der Waals surface area (Å²) in [7, 11) is 0. The van der Waals surface area contributed by atoms with Crippen LogP contribution < -0.4 is 10.2 Å². The number of anilines is 2. The van der Waals surface area contributed by atoms with E-state index in [0.29, 0.717) is 23.0 Å². The van der Waals surface area contributed by atoms with Gasteiger partial charge < -0.3 is 10.2 Å². The molecule has 0 aromatic heterocycles. The van der Waals surface area contributed by atoms with E-state index in [9.17, 15) is 9.59 Å². The molecule has 1 fully saturated rings. The molecular formula is C20H20ClN3O2S. The second kappa shape index (κ2) is 6.77. The molecule has 2 aromatic rings. The fourth-order valence-corrected chi connectivity index (χ4v) is 5.43. The van der Waals surface area contributed by atoms with Crippen LogP contribution in [0.25, 0.3) is 0 Å². The van der Waals surface area contributed by atoms with Crippen LogP contribution >= 0.6 is 23.4 Å². The zero-order valence-electron chi connectivity index (χ0n) is 15.1. The number of nitrogens with one attached hydrogen (secondary N) is 1. The highest BCUT2D eigenvalue weighted by atomic mass is 35.5. The van der Waals surface area contributed by atoms with Crippen molar-refractivity contribution in [2.45, 2.75) is 24.8 Å². The van der Waals surface area contributed by atoms with Crippen molar-refractivity contribution in [2.75, 3.05) is 22.5 Å². The maximum Gasteiger partial charge on any atom is 0.323 e. The van der Waals surface area contributed by atoms with Crippen molar-refractivity contribution in [1.82, 2.24) is 4.90 Å². The minimum atomic E-state index is -1.01. The Kier molecular flexibility index (Phi) is 4.56. The van der Waals surface area contributed by atoms with Gasteiger partial charge >= 0.3 is 6.03 Å². The Morgan fingerprint density at radius 1 is 1.22 bits per heavy atom. The molecule has 140 valence electrons. The van der Waals surface area contributed by atoms with Gasteiger partial charge in [-0.15, -0.1) is 11.8 Å². The monoisotopic (exact) mass is 401 g/mol. The van der Waals surface area contributed by atoms with Crippen LogP contribution in [0, 0.1) is 0 Å². The van der Waals surface area contributed by atoms with Crippen molar-refractivity contribution >= 4 is 46.7 Å². The SMILES string of the molecule is CC(C)N1C(=O)[C@@]2(SCCN2C(=O)Nc2cccc(Cl)c2)c2ccccc21. The number of urea groups is 1. The maximum atomic E-state index is 13.5. The number of para-hydroxylation sites is 1. The first-order valence-electron chi connectivity index (χ1n) is 8.86. The Hall–Kier alpha value is -2.18. The zero-order valence-corrected chi connectivity index (χ0v) is 16.7. The molecule has 0 saturated carbocycles. The molecule has 1 saturated heterocycles. The van der Waals surface area contributed by atoms with Gasteiger partial charge in [0.05, 0.1) is 5.69 Å². The smallest absolute Gasteiger partial charge is 0.308 e. The first-order chi connectivity index (χ1) is 12.9. The normalized spacial score (nSPS) is 21.3. The number of fused-ring (bicyclic) bond motifs is 2. The lowest BCUT2D eigenvalue weighted by molar-refractivity contribution is -0.123.